The van der Waals surface area contributed by atoms with Crippen molar-refractivity contribution < 1.29 is 9.59 Å². The number of urea groups is 1. The zero-order valence-corrected chi connectivity index (χ0v) is 17.6. The zero-order chi connectivity index (χ0) is 22.9. The maximum Gasteiger partial charge on any atom is 0.323 e. The van der Waals surface area contributed by atoms with Crippen molar-refractivity contribution in [2.45, 2.75) is 0 Å². The summed E-state index contributed by atoms with van der Waals surface area (Å²) >= 11 is 0. The number of amides is 3. The Bertz CT molecular complexity index is 1310. The van der Waals surface area contributed by atoms with Gasteiger partial charge in [-0.05, 0) is 72.7 Å². The van der Waals surface area contributed by atoms with Gasteiger partial charge in [0.1, 0.15) is 5.69 Å². The fraction of sp³-hybridized carbons (Fsp3) is 0. The molecule has 4 rings (SSSR count). The van der Waals surface area contributed by atoms with Crippen molar-refractivity contribution >= 4 is 29.0 Å². The minimum atomic E-state index is -0.359. The number of nitrogens with zero attached hydrogens (tertiary/aromatic N) is 1. The average molecular weight is 432 g/mol. The molecule has 3 amide bonds. The van der Waals surface area contributed by atoms with E-state index in [4.69, 9.17) is 0 Å². The lowest BCUT2D eigenvalue weighted by Crippen LogP contribution is -2.19. The van der Waals surface area contributed by atoms with Gasteiger partial charge in [0, 0.05) is 34.4 Å². The first-order valence-electron chi connectivity index (χ1n) is 10.2. The molecule has 4 aromatic rings. The van der Waals surface area contributed by atoms with Crippen LogP contribution in [0.4, 0.5) is 21.9 Å². The molecule has 1 aromatic heterocycles. The molecule has 33 heavy (non-hydrogen) atoms. The number of carbonyl (C=O) groups excluding carboxylic acids is 2. The zero-order valence-electron chi connectivity index (χ0n) is 17.6. The summed E-state index contributed by atoms with van der Waals surface area (Å²) in [6.07, 6.45) is 1.69. The van der Waals surface area contributed by atoms with Gasteiger partial charge in [0.2, 0.25) is 0 Å². The average Bonchev–Trinajstić information content (AvgIpc) is 2.85. The Morgan fingerprint density at radius 1 is 0.636 bits per heavy atom. The van der Waals surface area contributed by atoms with Gasteiger partial charge in [-0.2, -0.15) is 0 Å². The molecule has 6 heteroatoms. The van der Waals surface area contributed by atoms with Crippen LogP contribution in [0.15, 0.2) is 103 Å². The SMILES string of the molecule is O=C(Nc1ccccc1)Nc1ccc(C(=O)Nc2cccc(C#Cc3ccccn3)c2)cc1. The maximum atomic E-state index is 12.6. The van der Waals surface area contributed by atoms with Crippen molar-refractivity contribution in [3.63, 3.8) is 0 Å². The van der Waals surface area contributed by atoms with E-state index in [0.29, 0.717) is 28.3 Å². The molecule has 0 aliphatic rings. The van der Waals surface area contributed by atoms with Gasteiger partial charge in [-0.1, -0.05) is 36.3 Å². The quantitative estimate of drug-likeness (QED) is 0.379. The van der Waals surface area contributed by atoms with E-state index in [1.165, 1.54) is 0 Å². The Morgan fingerprint density at radius 3 is 2.06 bits per heavy atom. The highest BCUT2D eigenvalue weighted by Gasteiger charge is 2.08. The van der Waals surface area contributed by atoms with Gasteiger partial charge >= 0.3 is 6.03 Å². The first-order chi connectivity index (χ1) is 16.2. The second-order valence-electron chi connectivity index (χ2n) is 7.02. The Morgan fingerprint density at radius 2 is 1.33 bits per heavy atom. The maximum absolute atomic E-state index is 12.6. The van der Waals surface area contributed by atoms with Crippen LogP contribution in [-0.2, 0) is 0 Å². The molecule has 6 nitrogen and oxygen atoms in total. The van der Waals surface area contributed by atoms with Gasteiger partial charge in [0.25, 0.3) is 5.91 Å². The van der Waals surface area contributed by atoms with Crippen molar-refractivity contribution in [3.8, 4) is 11.8 Å². The Hall–Kier alpha value is -4.89. The summed E-state index contributed by atoms with van der Waals surface area (Å²) in [6, 6.07) is 28.3. The summed E-state index contributed by atoms with van der Waals surface area (Å²) in [5, 5.41) is 8.35. The standard InChI is InChI=1S/C27H20N4O2/c32-26(29-25-11-6-7-20(19-25)12-15-22-8-4-5-18-28-22)21-13-16-24(17-14-21)31-27(33)30-23-9-2-1-3-10-23/h1-11,13-14,16-19H,(H,29,32)(H2,30,31,33). The molecule has 0 aliphatic heterocycles. The van der Waals surface area contributed by atoms with E-state index < -0.39 is 0 Å². The van der Waals surface area contributed by atoms with Gasteiger partial charge in [0.15, 0.2) is 0 Å². The van der Waals surface area contributed by atoms with Crippen LogP contribution in [0.1, 0.15) is 21.6 Å². The fourth-order valence-corrected chi connectivity index (χ4v) is 2.97. The monoisotopic (exact) mass is 432 g/mol. The van der Waals surface area contributed by atoms with E-state index in [9.17, 15) is 9.59 Å². The fourth-order valence-electron chi connectivity index (χ4n) is 2.97. The van der Waals surface area contributed by atoms with Crippen LogP contribution in [0.25, 0.3) is 0 Å². The molecule has 0 saturated heterocycles. The minimum absolute atomic E-state index is 0.259. The summed E-state index contributed by atoms with van der Waals surface area (Å²) in [5.41, 5.74) is 3.82. The number of hydrogen-bond donors (Lipinski definition) is 3. The lowest BCUT2D eigenvalue weighted by Gasteiger charge is -2.09. The molecule has 0 radical (unpaired) electrons. The Kier molecular flexibility index (Phi) is 6.74. The number of benzene rings is 3. The van der Waals surface area contributed by atoms with E-state index in [2.05, 4.69) is 32.8 Å². The van der Waals surface area contributed by atoms with Crippen molar-refractivity contribution in [2.24, 2.45) is 0 Å². The molecule has 0 spiro atoms. The summed E-state index contributed by atoms with van der Waals surface area (Å²) in [6.45, 7) is 0. The van der Waals surface area contributed by atoms with Gasteiger partial charge in [-0.3, -0.25) is 4.79 Å². The molecule has 160 valence electrons. The number of aromatic nitrogens is 1. The van der Waals surface area contributed by atoms with Crippen LogP contribution in [0.5, 0.6) is 0 Å². The van der Waals surface area contributed by atoms with Crippen LogP contribution in [0, 0.1) is 11.8 Å². The van der Waals surface area contributed by atoms with Crippen LogP contribution in [0.2, 0.25) is 0 Å². The number of nitrogens with one attached hydrogen (secondary N) is 3. The Labute approximate surface area is 191 Å². The highest BCUT2D eigenvalue weighted by atomic mass is 16.2. The molecule has 1 heterocycles. The number of carbonyl (C=O) groups is 2. The summed E-state index contributed by atoms with van der Waals surface area (Å²) < 4.78 is 0. The molecule has 3 aromatic carbocycles. The van der Waals surface area contributed by atoms with Gasteiger partial charge in [-0.15, -0.1) is 0 Å². The number of para-hydroxylation sites is 1. The van der Waals surface area contributed by atoms with Gasteiger partial charge in [-0.25, -0.2) is 9.78 Å². The van der Waals surface area contributed by atoms with Crippen LogP contribution in [-0.4, -0.2) is 16.9 Å². The molecule has 0 bridgehead atoms. The van der Waals surface area contributed by atoms with E-state index in [1.807, 2.05) is 48.5 Å². The Balaban J connectivity index is 1.36. The van der Waals surface area contributed by atoms with Gasteiger partial charge < -0.3 is 16.0 Å². The number of pyridine rings is 1. The van der Waals surface area contributed by atoms with Crippen LogP contribution in [0.3, 0.4) is 0 Å². The molecule has 0 aliphatic carbocycles. The third-order valence-electron chi connectivity index (χ3n) is 4.56. The second-order valence-corrected chi connectivity index (χ2v) is 7.02. The van der Waals surface area contributed by atoms with E-state index >= 15 is 0 Å². The second kappa shape index (κ2) is 10.4. The van der Waals surface area contributed by atoms with Crippen molar-refractivity contribution in [1.29, 1.82) is 0 Å². The number of hydrogen-bond acceptors (Lipinski definition) is 3. The molecule has 0 fully saturated rings. The number of anilines is 3. The summed E-state index contributed by atoms with van der Waals surface area (Å²) in [4.78, 5) is 28.9. The van der Waals surface area contributed by atoms with Crippen LogP contribution >= 0.6 is 0 Å². The first kappa shape index (κ1) is 21.3. The van der Waals surface area contributed by atoms with Gasteiger partial charge in [0.05, 0.1) is 0 Å². The highest BCUT2D eigenvalue weighted by molar-refractivity contribution is 6.05. The smallest absolute Gasteiger partial charge is 0.322 e. The third kappa shape index (κ3) is 6.29. The molecule has 0 unspecified atom stereocenters. The largest absolute Gasteiger partial charge is 0.323 e. The van der Waals surface area contributed by atoms with Crippen molar-refractivity contribution in [2.75, 3.05) is 16.0 Å². The number of rotatable bonds is 4. The van der Waals surface area contributed by atoms with E-state index in [-0.39, 0.29) is 11.9 Å². The van der Waals surface area contributed by atoms with Crippen LogP contribution < -0.4 is 16.0 Å². The predicted octanol–water partition coefficient (Wildman–Crippen LogP) is 5.38. The molecular weight excluding hydrogens is 412 g/mol. The molecule has 3 N–H and O–H groups in total. The normalized spacial score (nSPS) is 9.82. The lowest BCUT2D eigenvalue weighted by atomic mass is 10.1. The van der Waals surface area contributed by atoms with Crippen molar-refractivity contribution in [3.05, 3.63) is 120 Å². The predicted molar refractivity (Wildman–Crippen MR) is 130 cm³/mol. The summed E-state index contributed by atoms with van der Waals surface area (Å²) in [5.74, 6) is 5.78. The molecular formula is C27H20N4O2. The molecule has 0 atom stereocenters. The lowest BCUT2D eigenvalue weighted by molar-refractivity contribution is 0.102. The third-order valence-corrected chi connectivity index (χ3v) is 4.56. The summed E-state index contributed by atoms with van der Waals surface area (Å²) in [7, 11) is 0. The first-order valence-corrected chi connectivity index (χ1v) is 10.2. The van der Waals surface area contributed by atoms with E-state index in [0.717, 1.165) is 5.56 Å². The van der Waals surface area contributed by atoms with E-state index in [1.54, 1.807) is 54.7 Å². The minimum Gasteiger partial charge on any atom is -0.322 e. The van der Waals surface area contributed by atoms with Crippen molar-refractivity contribution in [1.82, 2.24) is 4.98 Å². The topological polar surface area (TPSA) is 83.1 Å². The highest BCUT2D eigenvalue weighted by Crippen LogP contribution is 2.15. The molecule has 0 saturated carbocycles.